The quantitative estimate of drug-likeness (QED) is 0.837. The number of hydrogen-bond donors (Lipinski definition) is 1. The Morgan fingerprint density at radius 3 is 2.22 bits per heavy atom. The van der Waals surface area contributed by atoms with Crippen molar-refractivity contribution in [2.75, 3.05) is 7.11 Å². The number of carbonyl (C=O) groups is 1. The fourth-order valence-corrected chi connectivity index (χ4v) is 1.66. The zero-order valence-electron chi connectivity index (χ0n) is 9.91. The van der Waals surface area contributed by atoms with E-state index in [1.807, 2.05) is 0 Å². The molecule has 1 heterocycles. The minimum absolute atomic E-state index is 0.389. The number of aliphatic hydroxyl groups excluding tert-OH is 1. The van der Waals surface area contributed by atoms with Crippen LogP contribution in [-0.2, 0) is 4.74 Å². The molecule has 0 fully saturated rings. The van der Waals surface area contributed by atoms with Gasteiger partial charge in [0.25, 0.3) is 0 Å². The molecule has 0 aliphatic rings. The lowest BCUT2D eigenvalue weighted by Gasteiger charge is -2.11. The number of esters is 1. The van der Waals surface area contributed by atoms with Crippen LogP contribution in [0.1, 0.15) is 27.6 Å². The van der Waals surface area contributed by atoms with Crippen molar-refractivity contribution in [3.63, 3.8) is 0 Å². The van der Waals surface area contributed by atoms with Crippen molar-refractivity contribution in [3.05, 3.63) is 65.5 Å². The molecule has 18 heavy (non-hydrogen) atoms. The predicted octanol–water partition coefficient (Wildman–Crippen LogP) is 1.95. The number of ether oxygens (including phenoxy) is 1. The zero-order valence-corrected chi connectivity index (χ0v) is 9.91. The molecule has 1 aromatic carbocycles. The summed E-state index contributed by atoms with van der Waals surface area (Å²) < 4.78 is 4.61. The summed E-state index contributed by atoms with van der Waals surface area (Å²) in [5, 5.41) is 10.1. The highest BCUT2D eigenvalue weighted by Gasteiger charge is 2.11. The Morgan fingerprint density at radius 1 is 1.11 bits per heavy atom. The maximum Gasteiger partial charge on any atom is 0.337 e. The number of methoxy groups -OCH3 is 1. The van der Waals surface area contributed by atoms with Crippen molar-refractivity contribution in [1.29, 1.82) is 0 Å². The summed E-state index contributed by atoms with van der Waals surface area (Å²) in [4.78, 5) is 15.2. The topological polar surface area (TPSA) is 59.4 Å². The third kappa shape index (κ3) is 2.55. The van der Waals surface area contributed by atoms with Gasteiger partial charge < -0.3 is 9.84 Å². The lowest BCUT2D eigenvalue weighted by molar-refractivity contribution is 0.0600. The molecule has 2 aromatic rings. The highest BCUT2D eigenvalue weighted by atomic mass is 16.5. The zero-order chi connectivity index (χ0) is 13.0. The molecule has 0 aliphatic carbocycles. The van der Waals surface area contributed by atoms with Crippen LogP contribution in [0.3, 0.4) is 0 Å². The minimum atomic E-state index is -0.723. The number of rotatable bonds is 3. The number of pyridine rings is 1. The standard InChI is InChI=1S/C14H13NO3/c1-18-14(17)12-4-2-10(3-5-12)13(16)11-6-8-15-9-7-11/h2-9,13,16H,1H3. The van der Waals surface area contributed by atoms with Crippen LogP contribution in [-0.4, -0.2) is 23.2 Å². The summed E-state index contributed by atoms with van der Waals surface area (Å²) in [5.74, 6) is -0.389. The van der Waals surface area contributed by atoms with Gasteiger partial charge >= 0.3 is 5.97 Å². The first-order valence-corrected chi connectivity index (χ1v) is 5.48. The van der Waals surface area contributed by atoms with Gasteiger partial charge in [-0.2, -0.15) is 0 Å². The average molecular weight is 243 g/mol. The largest absolute Gasteiger partial charge is 0.465 e. The fraction of sp³-hybridized carbons (Fsp3) is 0.143. The Hall–Kier alpha value is -2.20. The second kappa shape index (κ2) is 5.42. The predicted molar refractivity (Wildman–Crippen MR) is 66.1 cm³/mol. The van der Waals surface area contributed by atoms with E-state index in [1.165, 1.54) is 7.11 Å². The van der Waals surface area contributed by atoms with Crippen LogP contribution in [0.4, 0.5) is 0 Å². The lowest BCUT2D eigenvalue weighted by Crippen LogP contribution is -2.03. The highest BCUT2D eigenvalue weighted by molar-refractivity contribution is 5.89. The number of nitrogens with zero attached hydrogens (tertiary/aromatic N) is 1. The maximum atomic E-state index is 11.3. The van der Waals surface area contributed by atoms with Gasteiger partial charge in [0.1, 0.15) is 6.10 Å². The minimum Gasteiger partial charge on any atom is -0.465 e. The maximum absolute atomic E-state index is 11.3. The molecule has 92 valence electrons. The SMILES string of the molecule is COC(=O)c1ccc(C(O)c2ccncc2)cc1. The van der Waals surface area contributed by atoms with E-state index in [-0.39, 0.29) is 5.97 Å². The first kappa shape index (κ1) is 12.3. The average Bonchev–Trinajstić information content (AvgIpc) is 2.47. The van der Waals surface area contributed by atoms with Crippen LogP contribution in [0.15, 0.2) is 48.8 Å². The molecule has 1 unspecified atom stereocenters. The van der Waals surface area contributed by atoms with Gasteiger partial charge in [-0.3, -0.25) is 4.98 Å². The van der Waals surface area contributed by atoms with Crippen LogP contribution in [0.2, 0.25) is 0 Å². The van der Waals surface area contributed by atoms with Crippen LogP contribution < -0.4 is 0 Å². The Balaban J connectivity index is 2.22. The summed E-state index contributed by atoms with van der Waals surface area (Å²) >= 11 is 0. The smallest absolute Gasteiger partial charge is 0.337 e. The first-order valence-electron chi connectivity index (χ1n) is 5.48. The van der Waals surface area contributed by atoms with E-state index in [9.17, 15) is 9.90 Å². The molecule has 4 heteroatoms. The summed E-state index contributed by atoms with van der Waals surface area (Å²) in [5.41, 5.74) is 1.94. The molecule has 0 spiro atoms. The Labute approximate surface area is 105 Å². The normalized spacial score (nSPS) is 11.9. The molecule has 0 saturated heterocycles. The molecule has 1 N–H and O–H groups in total. The van der Waals surface area contributed by atoms with Crippen LogP contribution in [0, 0.1) is 0 Å². The van der Waals surface area contributed by atoms with E-state index in [2.05, 4.69) is 9.72 Å². The van der Waals surface area contributed by atoms with E-state index in [0.29, 0.717) is 11.1 Å². The van der Waals surface area contributed by atoms with E-state index in [1.54, 1.807) is 48.8 Å². The highest BCUT2D eigenvalue weighted by Crippen LogP contribution is 2.21. The van der Waals surface area contributed by atoms with Gasteiger partial charge in [-0.25, -0.2) is 4.79 Å². The first-order chi connectivity index (χ1) is 8.72. The molecule has 0 bridgehead atoms. The molecule has 2 rings (SSSR count). The van der Waals surface area contributed by atoms with Crippen molar-refractivity contribution in [2.45, 2.75) is 6.10 Å². The second-order valence-electron chi connectivity index (χ2n) is 3.80. The lowest BCUT2D eigenvalue weighted by atomic mass is 10.0. The van der Waals surface area contributed by atoms with Crippen molar-refractivity contribution in [1.82, 2.24) is 4.98 Å². The fourth-order valence-electron chi connectivity index (χ4n) is 1.66. The number of hydrogen-bond acceptors (Lipinski definition) is 4. The van der Waals surface area contributed by atoms with E-state index < -0.39 is 6.10 Å². The Morgan fingerprint density at radius 2 is 1.67 bits per heavy atom. The summed E-state index contributed by atoms with van der Waals surface area (Å²) in [7, 11) is 1.34. The van der Waals surface area contributed by atoms with E-state index in [4.69, 9.17) is 0 Å². The number of benzene rings is 1. The third-order valence-corrected chi connectivity index (χ3v) is 2.67. The Bertz CT molecular complexity index is 522. The monoisotopic (exact) mass is 243 g/mol. The summed E-state index contributed by atoms with van der Waals surface area (Å²) in [6.45, 7) is 0. The van der Waals surface area contributed by atoms with Gasteiger partial charge in [-0.1, -0.05) is 12.1 Å². The molecular weight excluding hydrogens is 230 g/mol. The molecule has 1 aromatic heterocycles. The Kier molecular flexibility index (Phi) is 3.69. The molecule has 0 amide bonds. The molecule has 0 aliphatic heterocycles. The van der Waals surface area contributed by atoms with Gasteiger partial charge in [0.05, 0.1) is 12.7 Å². The van der Waals surface area contributed by atoms with Crippen LogP contribution in [0.5, 0.6) is 0 Å². The van der Waals surface area contributed by atoms with Crippen molar-refractivity contribution in [2.24, 2.45) is 0 Å². The van der Waals surface area contributed by atoms with Crippen molar-refractivity contribution >= 4 is 5.97 Å². The number of aliphatic hydroxyl groups is 1. The number of aromatic nitrogens is 1. The van der Waals surface area contributed by atoms with Crippen molar-refractivity contribution in [3.8, 4) is 0 Å². The summed E-state index contributed by atoms with van der Waals surface area (Å²) in [6, 6.07) is 10.2. The number of carbonyl (C=O) groups excluding carboxylic acids is 1. The van der Waals surface area contributed by atoms with E-state index in [0.717, 1.165) is 5.56 Å². The third-order valence-electron chi connectivity index (χ3n) is 2.67. The van der Waals surface area contributed by atoms with Gasteiger partial charge in [-0.15, -0.1) is 0 Å². The molecule has 4 nitrogen and oxygen atoms in total. The second-order valence-corrected chi connectivity index (χ2v) is 3.80. The van der Waals surface area contributed by atoms with Gasteiger partial charge in [0.2, 0.25) is 0 Å². The van der Waals surface area contributed by atoms with Crippen LogP contribution in [0.25, 0.3) is 0 Å². The molecule has 0 radical (unpaired) electrons. The van der Waals surface area contributed by atoms with E-state index >= 15 is 0 Å². The van der Waals surface area contributed by atoms with Crippen LogP contribution >= 0.6 is 0 Å². The van der Waals surface area contributed by atoms with Crippen molar-refractivity contribution < 1.29 is 14.6 Å². The van der Waals surface area contributed by atoms with Gasteiger partial charge in [0, 0.05) is 12.4 Å². The van der Waals surface area contributed by atoms with Gasteiger partial charge in [-0.05, 0) is 35.4 Å². The molecular formula is C14H13NO3. The summed E-state index contributed by atoms with van der Waals surface area (Å²) in [6.07, 6.45) is 2.53. The van der Waals surface area contributed by atoms with Gasteiger partial charge in [0.15, 0.2) is 0 Å². The molecule has 1 atom stereocenters. The molecule has 0 saturated carbocycles.